The average Bonchev–Trinajstić information content (AvgIpc) is 2.61. The summed E-state index contributed by atoms with van der Waals surface area (Å²) in [6, 6.07) is 8.86. The molecule has 3 heteroatoms. The highest BCUT2D eigenvalue weighted by Crippen LogP contribution is 2.17. The van der Waals surface area contributed by atoms with E-state index in [9.17, 15) is 9.59 Å². The zero-order valence-corrected chi connectivity index (χ0v) is 8.72. The van der Waals surface area contributed by atoms with Crippen LogP contribution < -0.4 is 4.90 Å². The number of rotatable bonds is 1. The Labute approximate surface area is 94.0 Å². The second-order valence-electron chi connectivity index (χ2n) is 2.93. The van der Waals surface area contributed by atoms with E-state index < -0.39 is 0 Å². The molecular formula is C13H11NO2. The van der Waals surface area contributed by atoms with Crippen molar-refractivity contribution in [1.82, 2.24) is 0 Å². The molecule has 0 fully saturated rings. The van der Waals surface area contributed by atoms with Gasteiger partial charge in [-0.05, 0) is 12.1 Å². The molecule has 0 saturated heterocycles. The van der Waals surface area contributed by atoms with Gasteiger partial charge in [-0.25, -0.2) is 4.90 Å². The van der Waals surface area contributed by atoms with Crippen molar-refractivity contribution in [2.24, 2.45) is 0 Å². The molecule has 1 aromatic rings. The molecule has 0 N–H and O–H groups in total. The van der Waals surface area contributed by atoms with Crippen molar-refractivity contribution >= 4 is 17.5 Å². The van der Waals surface area contributed by atoms with Gasteiger partial charge in [0.15, 0.2) is 0 Å². The highest BCUT2D eigenvalue weighted by molar-refractivity contribution is 6.28. The Hall–Kier alpha value is -2.38. The van der Waals surface area contributed by atoms with Crippen LogP contribution in [0.5, 0.6) is 0 Å². The van der Waals surface area contributed by atoms with Crippen molar-refractivity contribution in [3.05, 3.63) is 61.4 Å². The second-order valence-corrected chi connectivity index (χ2v) is 2.93. The molecule has 1 aliphatic heterocycles. The van der Waals surface area contributed by atoms with Gasteiger partial charge in [-0.2, -0.15) is 0 Å². The maximum absolute atomic E-state index is 11.2. The van der Waals surface area contributed by atoms with E-state index in [1.54, 1.807) is 24.3 Å². The van der Waals surface area contributed by atoms with E-state index in [0.717, 1.165) is 4.90 Å². The molecule has 3 nitrogen and oxygen atoms in total. The topological polar surface area (TPSA) is 37.4 Å². The number of anilines is 1. The number of carbonyl (C=O) groups excluding carboxylic acids is 2. The normalized spacial score (nSPS) is 13.1. The van der Waals surface area contributed by atoms with Crippen LogP contribution >= 0.6 is 0 Å². The Morgan fingerprint density at radius 1 is 0.938 bits per heavy atom. The third-order valence-corrected chi connectivity index (χ3v) is 1.82. The lowest BCUT2D eigenvalue weighted by molar-refractivity contribution is -0.119. The minimum atomic E-state index is -0.281. The Morgan fingerprint density at radius 2 is 1.38 bits per heavy atom. The highest BCUT2D eigenvalue weighted by Gasteiger charge is 2.24. The molecule has 1 heterocycles. The van der Waals surface area contributed by atoms with E-state index in [4.69, 9.17) is 0 Å². The van der Waals surface area contributed by atoms with Crippen molar-refractivity contribution in [3.63, 3.8) is 0 Å². The molecule has 0 bridgehead atoms. The molecule has 1 aliphatic rings. The molecule has 0 radical (unpaired) electrons. The van der Waals surface area contributed by atoms with Crippen LogP contribution in [-0.2, 0) is 9.59 Å². The highest BCUT2D eigenvalue weighted by atomic mass is 16.2. The van der Waals surface area contributed by atoms with Gasteiger partial charge in [0.25, 0.3) is 11.8 Å². The monoisotopic (exact) mass is 213 g/mol. The van der Waals surface area contributed by atoms with Crippen LogP contribution in [0.25, 0.3) is 0 Å². The van der Waals surface area contributed by atoms with Gasteiger partial charge >= 0.3 is 0 Å². The van der Waals surface area contributed by atoms with Crippen LogP contribution in [0.15, 0.2) is 61.4 Å². The predicted octanol–water partition coefficient (Wildman–Crippen LogP) is 2.07. The van der Waals surface area contributed by atoms with E-state index in [1.807, 2.05) is 6.07 Å². The first kappa shape index (κ1) is 11.7. The summed E-state index contributed by atoms with van der Waals surface area (Å²) in [4.78, 5) is 23.5. The van der Waals surface area contributed by atoms with Gasteiger partial charge in [0, 0.05) is 12.2 Å². The SMILES string of the molecule is C=C=C.O=C1C=CC(=O)N1c1ccccc1. The van der Waals surface area contributed by atoms with E-state index in [1.165, 1.54) is 12.2 Å². The van der Waals surface area contributed by atoms with Crippen LogP contribution in [0.1, 0.15) is 0 Å². The third-order valence-electron chi connectivity index (χ3n) is 1.82. The third kappa shape index (κ3) is 2.56. The van der Waals surface area contributed by atoms with E-state index in [0.29, 0.717) is 5.69 Å². The predicted molar refractivity (Wildman–Crippen MR) is 62.8 cm³/mol. The first-order chi connectivity index (χ1) is 7.70. The van der Waals surface area contributed by atoms with Crippen molar-refractivity contribution in [2.75, 3.05) is 4.90 Å². The fraction of sp³-hybridized carbons (Fsp3) is 0. The van der Waals surface area contributed by atoms with Gasteiger partial charge in [0.1, 0.15) is 0 Å². The van der Waals surface area contributed by atoms with Crippen LogP contribution in [0.2, 0.25) is 0 Å². The van der Waals surface area contributed by atoms with E-state index >= 15 is 0 Å². The maximum atomic E-state index is 11.2. The molecule has 0 unspecified atom stereocenters. The lowest BCUT2D eigenvalue weighted by atomic mass is 10.3. The molecule has 80 valence electrons. The number of hydrogen-bond donors (Lipinski definition) is 0. The average molecular weight is 213 g/mol. The number of amides is 2. The van der Waals surface area contributed by atoms with Crippen LogP contribution in [0.4, 0.5) is 5.69 Å². The molecule has 0 atom stereocenters. The number of carbonyl (C=O) groups is 2. The van der Waals surface area contributed by atoms with Gasteiger partial charge in [-0.3, -0.25) is 9.59 Å². The summed E-state index contributed by atoms with van der Waals surface area (Å²) in [7, 11) is 0. The summed E-state index contributed by atoms with van der Waals surface area (Å²) >= 11 is 0. The summed E-state index contributed by atoms with van der Waals surface area (Å²) in [6.07, 6.45) is 2.55. The van der Waals surface area contributed by atoms with Gasteiger partial charge in [-0.15, -0.1) is 5.73 Å². The lowest BCUT2D eigenvalue weighted by Crippen LogP contribution is -2.29. The quantitative estimate of drug-likeness (QED) is 0.529. The Morgan fingerprint density at radius 3 is 1.81 bits per heavy atom. The summed E-state index contributed by atoms with van der Waals surface area (Å²) < 4.78 is 0. The standard InChI is InChI=1S/C10H7NO2.C3H4/c12-9-6-7-10(13)11(9)8-4-2-1-3-5-8;1-3-2/h1-7H;1-2H2. The summed E-state index contributed by atoms with van der Waals surface area (Å²) in [5, 5.41) is 0. The van der Waals surface area contributed by atoms with Gasteiger partial charge in [-0.1, -0.05) is 31.4 Å². The van der Waals surface area contributed by atoms with Gasteiger partial charge < -0.3 is 0 Å². The van der Waals surface area contributed by atoms with E-state index in [-0.39, 0.29) is 11.8 Å². The zero-order valence-electron chi connectivity index (χ0n) is 8.72. The largest absolute Gasteiger partial charge is 0.269 e. The van der Waals surface area contributed by atoms with E-state index in [2.05, 4.69) is 18.9 Å². The Balaban J connectivity index is 0.000000386. The van der Waals surface area contributed by atoms with Crippen molar-refractivity contribution in [3.8, 4) is 0 Å². The molecular weight excluding hydrogens is 202 g/mol. The minimum Gasteiger partial charge on any atom is -0.269 e. The van der Waals surface area contributed by atoms with Crippen LogP contribution in [-0.4, -0.2) is 11.8 Å². The molecule has 0 aliphatic carbocycles. The van der Waals surface area contributed by atoms with Crippen molar-refractivity contribution < 1.29 is 9.59 Å². The first-order valence-corrected chi connectivity index (χ1v) is 4.61. The van der Waals surface area contributed by atoms with Crippen molar-refractivity contribution in [2.45, 2.75) is 0 Å². The smallest absolute Gasteiger partial charge is 0.258 e. The molecule has 16 heavy (non-hydrogen) atoms. The Bertz CT molecular complexity index is 436. The number of imide groups is 1. The fourth-order valence-electron chi connectivity index (χ4n) is 1.23. The zero-order chi connectivity index (χ0) is 12.0. The van der Waals surface area contributed by atoms with Crippen LogP contribution in [0.3, 0.4) is 0 Å². The molecule has 0 spiro atoms. The molecule has 2 amide bonds. The number of benzene rings is 1. The Kier molecular flexibility index (Phi) is 4.01. The molecule has 0 saturated carbocycles. The minimum absolute atomic E-state index is 0.281. The number of hydrogen-bond acceptors (Lipinski definition) is 2. The van der Waals surface area contributed by atoms with Crippen LogP contribution in [0, 0.1) is 0 Å². The summed E-state index contributed by atoms with van der Waals surface area (Å²) in [5.74, 6) is -0.563. The first-order valence-electron chi connectivity index (χ1n) is 4.61. The summed E-state index contributed by atoms with van der Waals surface area (Å²) in [6.45, 7) is 6.25. The van der Waals surface area contributed by atoms with Gasteiger partial charge in [0.05, 0.1) is 5.69 Å². The maximum Gasteiger partial charge on any atom is 0.258 e. The molecule has 2 rings (SSSR count). The van der Waals surface area contributed by atoms with Crippen molar-refractivity contribution in [1.29, 1.82) is 0 Å². The molecule has 0 aromatic heterocycles. The second kappa shape index (κ2) is 5.49. The number of nitrogens with zero attached hydrogens (tertiary/aromatic N) is 1. The van der Waals surface area contributed by atoms with Gasteiger partial charge in [0.2, 0.25) is 0 Å². The summed E-state index contributed by atoms with van der Waals surface area (Å²) in [5.41, 5.74) is 2.86. The lowest BCUT2D eigenvalue weighted by Gasteiger charge is -2.12. The fourth-order valence-corrected chi connectivity index (χ4v) is 1.23. The number of para-hydroxylation sites is 1. The molecule has 1 aromatic carbocycles.